The molecule has 2 heterocycles. The lowest BCUT2D eigenvalue weighted by atomic mass is 10.2. The van der Waals surface area contributed by atoms with Crippen molar-refractivity contribution in [2.45, 2.75) is 18.9 Å². The number of aromatic carboxylic acids is 1. The molecule has 2 aliphatic rings. The van der Waals surface area contributed by atoms with E-state index in [2.05, 4.69) is 5.32 Å². The van der Waals surface area contributed by atoms with Crippen LogP contribution < -0.4 is 15.6 Å². The van der Waals surface area contributed by atoms with E-state index in [1.54, 1.807) is 6.07 Å². The van der Waals surface area contributed by atoms with Gasteiger partial charge in [0.15, 0.2) is 0 Å². The number of nitrogens with zero attached hydrogens (tertiary/aromatic N) is 2. The summed E-state index contributed by atoms with van der Waals surface area (Å²) in [6.07, 6.45) is 3.29. The summed E-state index contributed by atoms with van der Waals surface area (Å²) in [6.45, 7) is 2.96. The molecule has 1 aliphatic heterocycles. The Morgan fingerprint density at radius 2 is 1.96 bits per heavy atom. The Morgan fingerprint density at radius 3 is 2.58 bits per heavy atom. The van der Waals surface area contributed by atoms with Crippen LogP contribution in [-0.4, -0.2) is 41.8 Å². The minimum atomic E-state index is -1.28. The number of aromatic nitrogens is 1. The molecule has 0 atom stereocenters. The predicted molar refractivity (Wildman–Crippen MR) is 88.5 cm³/mol. The Hall–Kier alpha value is -2.41. The SMILES string of the molecule is O=[13C](O)[13c]1cn(C2CC2)c2cc(N3CCNCC3)c(F)cc2[13c]1=O. The number of halogens is 1. The predicted octanol–water partition coefficient (Wildman–Crippen LogP) is 1.58. The fraction of sp³-hybridized carbons (Fsp3) is 0.412. The lowest BCUT2D eigenvalue weighted by Crippen LogP contribution is -2.43. The zero-order chi connectivity index (χ0) is 16.8. The number of pyridine rings is 1. The summed E-state index contributed by atoms with van der Waals surface area (Å²) in [5.74, 6) is -1.76. The van der Waals surface area contributed by atoms with Gasteiger partial charge in [0, 0.05) is 43.8 Å². The number of hydrogen-bond acceptors (Lipinski definition) is 4. The van der Waals surface area contributed by atoms with Gasteiger partial charge >= 0.3 is 5.97 Å². The summed E-state index contributed by atoms with van der Waals surface area (Å²) in [6, 6.07) is 3.08. The fourth-order valence-corrected chi connectivity index (χ4v) is 3.31. The van der Waals surface area contributed by atoms with Gasteiger partial charge < -0.3 is 19.9 Å². The average Bonchev–Trinajstić information content (AvgIpc) is 3.40. The molecule has 0 spiro atoms. The summed E-state index contributed by atoms with van der Waals surface area (Å²) in [4.78, 5) is 25.7. The standard InChI is InChI=1S/C17H18FN3O3/c18-13-7-11-14(8-15(13)20-5-3-19-4-6-20)21(10-1-2-10)9-12(16(11)22)17(23)24/h7-10,19H,1-6H2,(H,23,24)/i12+1,16+1,17+1. The lowest BCUT2D eigenvalue weighted by molar-refractivity contribution is 0.0695. The number of nitrogens with one attached hydrogen (secondary N) is 1. The number of rotatable bonds is 3. The second-order valence-electron chi connectivity index (χ2n) is 6.37. The smallest absolute Gasteiger partial charge is 0.341 e. The van der Waals surface area contributed by atoms with E-state index >= 15 is 0 Å². The van der Waals surface area contributed by atoms with Gasteiger partial charge in [0.2, 0.25) is 5.43 Å². The highest BCUT2D eigenvalue weighted by atomic mass is 19.1. The molecule has 2 fully saturated rings. The maximum atomic E-state index is 14.6. The minimum absolute atomic E-state index is 0.137. The maximum absolute atomic E-state index is 14.6. The minimum Gasteiger partial charge on any atom is -0.477 e. The monoisotopic (exact) mass is 334 g/mol. The van der Waals surface area contributed by atoms with Crippen LogP contribution in [0.4, 0.5) is 10.1 Å². The van der Waals surface area contributed by atoms with Gasteiger partial charge in [0.05, 0.1) is 11.2 Å². The molecule has 0 amide bonds. The summed E-state index contributed by atoms with van der Waals surface area (Å²) >= 11 is 0. The molecule has 0 bridgehead atoms. The Kier molecular flexibility index (Phi) is 3.53. The Morgan fingerprint density at radius 1 is 1.25 bits per heavy atom. The summed E-state index contributed by atoms with van der Waals surface area (Å²) in [5, 5.41) is 12.6. The molecular weight excluding hydrogens is 316 g/mol. The van der Waals surface area contributed by atoms with Gasteiger partial charge in [0.1, 0.15) is 11.4 Å². The average molecular weight is 334 g/mol. The molecule has 24 heavy (non-hydrogen) atoms. The van der Waals surface area contributed by atoms with Gasteiger partial charge in [-0.3, -0.25) is 4.79 Å². The third-order valence-corrected chi connectivity index (χ3v) is 4.73. The number of piperazine rings is 1. The van der Waals surface area contributed by atoms with E-state index in [1.807, 2.05) is 9.47 Å². The van der Waals surface area contributed by atoms with E-state index in [1.165, 1.54) is 12.3 Å². The first kappa shape index (κ1) is 15.1. The molecule has 0 unspecified atom stereocenters. The largest absolute Gasteiger partial charge is 0.477 e. The highest BCUT2D eigenvalue weighted by Gasteiger charge is 2.28. The van der Waals surface area contributed by atoms with Gasteiger partial charge in [-0.1, -0.05) is 0 Å². The van der Waals surface area contributed by atoms with Gasteiger partial charge in [-0.2, -0.15) is 0 Å². The summed E-state index contributed by atoms with van der Waals surface area (Å²) in [7, 11) is 0. The van der Waals surface area contributed by atoms with Crippen LogP contribution in [0.25, 0.3) is 10.9 Å². The number of carboxylic acid groups (broad SMARTS) is 1. The molecule has 1 saturated heterocycles. The molecule has 6 nitrogen and oxygen atoms in total. The molecule has 2 aromatic rings. The molecule has 2 N–H and O–H groups in total. The third kappa shape index (κ3) is 2.45. The van der Waals surface area contributed by atoms with Crippen LogP contribution in [0.5, 0.6) is 0 Å². The second-order valence-corrected chi connectivity index (χ2v) is 6.37. The third-order valence-electron chi connectivity index (χ3n) is 4.73. The molecule has 0 radical (unpaired) electrons. The molecule has 126 valence electrons. The van der Waals surface area contributed by atoms with Crippen LogP contribution in [-0.2, 0) is 0 Å². The Balaban J connectivity index is 1.95. The van der Waals surface area contributed by atoms with Crippen molar-refractivity contribution in [3.8, 4) is 0 Å². The van der Waals surface area contributed by atoms with Crippen molar-refractivity contribution in [2.24, 2.45) is 0 Å². The van der Waals surface area contributed by atoms with Gasteiger partial charge in [-0.15, -0.1) is 0 Å². The van der Waals surface area contributed by atoms with Crippen LogP contribution in [0.15, 0.2) is 23.1 Å². The number of carbonyl (C=O) groups is 1. The first-order chi connectivity index (χ1) is 11.6. The van der Waals surface area contributed by atoms with Crippen molar-refractivity contribution < 1.29 is 14.3 Å². The van der Waals surface area contributed by atoms with E-state index in [4.69, 9.17) is 0 Å². The zero-order valence-corrected chi connectivity index (χ0v) is 13.1. The number of anilines is 1. The van der Waals surface area contributed by atoms with E-state index < -0.39 is 17.2 Å². The van der Waals surface area contributed by atoms with E-state index in [0.29, 0.717) is 24.3 Å². The second kappa shape index (κ2) is 5.59. The van der Waals surface area contributed by atoms with Crippen LogP contribution in [0.3, 0.4) is 0 Å². The van der Waals surface area contributed by atoms with Crippen LogP contribution in [0.1, 0.15) is 29.2 Å². The normalized spacial score (nSPS) is 18.1. The highest BCUT2D eigenvalue weighted by Crippen LogP contribution is 2.38. The number of benzene rings is 1. The summed E-state index contributed by atoms with van der Waals surface area (Å²) in [5.41, 5.74) is 0.159. The highest BCUT2D eigenvalue weighted by molar-refractivity contribution is 5.93. The Labute approximate surface area is 137 Å². The molecule has 1 aliphatic carbocycles. The number of carboxylic acids is 1. The van der Waals surface area contributed by atoms with Crippen molar-refractivity contribution in [1.82, 2.24) is 9.88 Å². The van der Waals surface area contributed by atoms with Crippen LogP contribution >= 0.6 is 0 Å². The first-order valence-electron chi connectivity index (χ1n) is 8.13. The summed E-state index contributed by atoms with van der Waals surface area (Å²) < 4.78 is 16.4. The van der Waals surface area contributed by atoms with E-state index in [-0.39, 0.29) is 17.0 Å². The van der Waals surface area contributed by atoms with Crippen molar-refractivity contribution in [1.29, 1.82) is 0 Å². The van der Waals surface area contributed by atoms with Gasteiger partial charge in [-0.05, 0) is 25.0 Å². The van der Waals surface area contributed by atoms with Gasteiger partial charge in [0.25, 0.3) is 0 Å². The van der Waals surface area contributed by atoms with Crippen LogP contribution in [0.2, 0.25) is 0 Å². The van der Waals surface area contributed by atoms with Gasteiger partial charge in [-0.25, -0.2) is 9.18 Å². The molecule has 1 aromatic heterocycles. The van der Waals surface area contributed by atoms with Crippen molar-refractivity contribution in [2.75, 3.05) is 31.1 Å². The lowest BCUT2D eigenvalue weighted by Gasteiger charge is -2.30. The Bertz CT molecular complexity index is 883. The van der Waals surface area contributed by atoms with Crippen molar-refractivity contribution >= 4 is 22.6 Å². The zero-order valence-electron chi connectivity index (χ0n) is 13.1. The van der Waals surface area contributed by atoms with Crippen molar-refractivity contribution in [3.05, 3.63) is 39.9 Å². The number of hydrogen-bond donors (Lipinski definition) is 2. The maximum Gasteiger partial charge on any atom is 0.341 e. The molecule has 4 rings (SSSR count). The van der Waals surface area contributed by atoms with Crippen molar-refractivity contribution in [3.63, 3.8) is 0 Å². The fourth-order valence-electron chi connectivity index (χ4n) is 3.31. The molecular formula is C17H18FN3O3. The van der Waals surface area contributed by atoms with E-state index in [9.17, 15) is 19.1 Å². The number of fused-ring (bicyclic) bond motifs is 1. The molecule has 7 heteroatoms. The van der Waals surface area contributed by atoms with E-state index in [0.717, 1.165) is 25.9 Å². The first-order valence-corrected chi connectivity index (χ1v) is 8.13. The topological polar surface area (TPSA) is 74.6 Å². The molecule has 1 saturated carbocycles. The molecule has 1 aromatic carbocycles. The quantitative estimate of drug-likeness (QED) is 0.834. The van der Waals surface area contributed by atoms with Crippen LogP contribution in [0, 0.1) is 5.82 Å².